The normalized spacial score (nSPS) is 13.1. The second kappa shape index (κ2) is 10.1. The van der Waals surface area contributed by atoms with Crippen LogP contribution in [0.25, 0.3) is 0 Å². The molecule has 0 radical (unpaired) electrons. The second-order valence-corrected chi connectivity index (χ2v) is 4.33. The maximum absolute atomic E-state index is 6.92. The van der Waals surface area contributed by atoms with Crippen LogP contribution in [-0.4, -0.2) is 25.5 Å². The third-order valence-electron chi connectivity index (χ3n) is 2.42. The van der Waals surface area contributed by atoms with Gasteiger partial charge in [0, 0.05) is 0 Å². The van der Waals surface area contributed by atoms with E-state index in [-0.39, 0.29) is 0 Å². The Morgan fingerprint density at radius 3 is 2.33 bits per heavy atom. The van der Waals surface area contributed by atoms with Crippen LogP contribution in [0.3, 0.4) is 0 Å². The Labute approximate surface area is 94.5 Å². The summed E-state index contributed by atoms with van der Waals surface area (Å²) >= 11 is 0. The third-order valence-corrected chi connectivity index (χ3v) is 2.42. The zero-order valence-electron chi connectivity index (χ0n) is 10.5. The van der Waals surface area contributed by atoms with E-state index in [2.05, 4.69) is 31.4 Å². The van der Waals surface area contributed by atoms with E-state index in [9.17, 15) is 0 Å². The Hall–Kier alpha value is -0.410. The van der Waals surface area contributed by atoms with Crippen molar-refractivity contribution in [3.63, 3.8) is 0 Å². The predicted octanol–water partition coefficient (Wildman–Crippen LogP) is 2.38. The molecule has 0 aromatic carbocycles. The molecule has 0 amide bonds. The van der Waals surface area contributed by atoms with Crippen LogP contribution < -0.4 is 10.6 Å². The minimum Gasteiger partial charge on any atom is -0.313 e. The van der Waals surface area contributed by atoms with Gasteiger partial charge in [-0.25, -0.2) is 0 Å². The molecule has 0 aliphatic heterocycles. The van der Waals surface area contributed by atoms with Gasteiger partial charge in [-0.2, -0.15) is 0 Å². The summed E-state index contributed by atoms with van der Waals surface area (Å²) in [6.07, 6.45) is 6.30. The van der Waals surface area contributed by atoms with Gasteiger partial charge < -0.3 is 16.0 Å². The maximum Gasteiger partial charge on any atom is 0.0595 e. The van der Waals surface area contributed by atoms with E-state index in [4.69, 9.17) is 5.41 Å². The average Bonchev–Trinajstić information content (AvgIpc) is 2.21. The number of hydrogen-bond acceptors (Lipinski definition) is 3. The zero-order valence-corrected chi connectivity index (χ0v) is 10.5. The monoisotopic (exact) mass is 213 g/mol. The lowest BCUT2D eigenvalue weighted by atomic mass is 10.1. The summed E-state index contributed by atoms with van der Waals surface area (Å²) in [5.74, 6) is 0.624. The van der Waals surface area contributed by atoms with Crippen LogP contribution in [0.5, 0.6) is 0 Å². The molecule has 1 unspecified atom stereocenters. The highest BCUT2D eigenvalue weighted by Crippen LogP contribution is 1.99. The van der Waals surface area contributed by atoms with E-state index < -0.39 is 0 Å². The highest BCUT2D eigenvalue weighted by molar-refractivity contribution is 5.52. The minimum atomic E-state index is 0.435. The molecular weight excluding hydrogens is 186 g/mol. The average molecular weight is 213 g/mol. The maximum atomic E-state index is 6.92. The molecule has 0 rings (SSSR count). The molecule has 0 saturated carbocycles. The summed E-state index contributed by atoms with van der Waals surface area (Å²) in [7, 11) is 0. The number of rotatable bonds is 10. The van der Waals surface area contributed by atoms with Gasteiger partial charge in [-0.1, -0.05) is 20.8 Å². The van der Waals surface area contributed by atoms with Gasteiger partial charge in [-0.05, 0) is 50.9 Å². The molecule has 0 fully saturated rings. The van der Waals surface area contributed by atoms with Crippen molar-refractivity contribution in [2.45, 2.75) is 52.6 Å². The van der Waals surface area contributed by atoms with Crippen molar-refractivity contribution in [1.82, 2.24) is 10.6 Å². The first-order valence-corrected chi connectivity index (χ1v) is 6.18. The molecule has 0 spiro atoms. The Morgan fingerprint density at radius 2 is 1.80 bits per heavy atom. The van der Waals surface area contributed by atoms with E-state index in [0.29, 0.717) is 12.1 Å². The molecule has 90 valence electrons. The first kappa shape index (κ1) is 14.6. The standard InChI is InChI=1S/C12H27N3/c1-4-9-14-12(11(2)3)15-10-7-5-6-8-13/h8,11-15H,4-7,9-10H2,1-3H3. The fraction of sp³-hybridized carbons (Fsp3) is 0.917. The molecule has 0 aliphatic rings. The number of nitrogens with one attached hydrogen (secondary N) is 3. The molecule has 0 aromatic heterocycles. The molecule has 0 aromatic rings. The van der Waals surface area contributed by atoms with Gasteiger partial charge in [0.2, 0.25) is 0 Å². The van der Waals surface area contributed by atoms with Crippen LogP contribution in [0.1, 0.15) is 46.5 Å². The quantitative estimate of drug-likeness (QED) is 0.296. The van der Waals surface area contributed by atoms with Crippen molar-refractivity contribution < 1.29 is 0 Å². The lowest BCUT2D eigenvalue weighted by Gasteiger charge is -2.23. The second-order valence-electron chi connectivity index (χ2n) is 4.33. The van der Waals surface area contributed by atoms with Gasteiger partial charge in [0.1, 0.15) is 0 Å². The lowest BCUT2D eigenvalue weighted by Crippen LogP contribution is -2.46. The van der Waals surface area contributed by atoms with E-state index in [1.807, 2.05) is 0 Å². The smallest absolute Gasteiger partial charge is 0.0595 e. The molecule has 3 nitrogen and oxygen atoms in total. The van der Waals surface area contributed by atoms with Gasteiger partial charge in [-0.15, -0.1) is 0 Å². The highest BCUT2D eigenvalue weighted by atomic mass is 15.1. The first-order valence-electron chi connectivity index (χ1n) is 6.18. The zero-order chi connectivity index (χ0) is 11.5. The van der Waals surface area contributed by atoms with Gasteiger partial charge in [0.15, 0.2) is 0 Å². The van der Waals surface area contributed by atoms with Gasteiger partial charge in [0.05, 0.1) is 6.17 Å². The van der Waals surface area contributed by atoms with Crippen LogP contribution >= 0.6 is 0 Å². The molecule has 0 bridgehead atoms. The third kappa shape index (κ3) is 8.58. The summed E-state index contributed by atoms with van der Waals surface area (Å²) in [5.41, 5.74) is 0. The molecule has 15 heavy (non-hydrogen) atoms. The Morgan fingerprint density at radius 1 is 1.13 bits per heavy atom. The molecule has 0 saturated heterocycles. The molecule has 1 atom stereocenters. The minimum absolute atomic E-state index is 0.435. The molecule has 0 aliphatic carbocycles. The van der Waals surface area contributed by atoms with Crippen molar-refractivity contribution in [1.29, 1.82) is 5.41 Å². The number of unbranched alkanes of at least 4 members (excludes halogenated alkanes) is 2. The van der Waals surface area contributed by atoms with E-state index in [1.54, 1.807) is 0 Å². The van der Waals surface area contributed by atoms with Crippen LogP contribution in [0.15, 0.2) is 0 Å². The van der Waals surface area contributed by atoms with Gasteiger partial charge in [0.25, 0.3) is 0 Å². The largest absolute Gasteiger partial charge is 0.313 e. The van der Waals surface area contributed by atoms with Crippen LogP contribution in [-0.2, 0) is 0 Å². The molecule has 0 heterocycles. The highest BCUT2D eigenvalue weighted by Gasteiger charge is 2.09. The molecule has 3 N–H and O–H groups in total. The molecule has 3 heteroatoms. The van der Waals surface area contributed by atoms with Crippen molar-refractivity contribution in [3.8, 4) is 0 Å². The van der Waals surface area contributed by atoms with E-state index in [0.717, 1.165) is 32.4 Å². The summed E-state index contributed by atoms with van der Waals surface area (Å²) < 4.78 is 0. The van der Waals surface area contributed by atoms with Crippen LogP contribution in [0.2, 0.25) is 0 Å². The Bertz CT molecular complexity index is 146. The summed E-state index contributed by atoms with van der Waals surface area (Å²) in [6.45, 7) is 8.79. The number of hydrogen-bond donors (Lipinski definition) is 3. The van der Waals surface area contributed by atoms with Gasteiger partial charge >= 0.3 is 0 Å². The fourth-order valence-electron chi connectivity index (χ4n) is 1.47. The van der Waals surface area contributed by atoms with Crippen molar-refractivity contribution in [3.05, 3.63) is 0 Å². The van der Waals surface area contributed by atoms with Gasteiger partial charge in [-0.3, -0.25) is 0 Å². The Balaban J connectivity index is 3.52. The molecular formula is C12H27N3. The lowest BCUT2D eigenvalue weighted by molar-refractivity contribution is 0.333. The van der Waals surface area contributed by atoms with Crippen molar-refractivity contribution >= 4 is 6.21 Å². The summed E-state index contributed by atoms with van der Waals surface area (Å²) in [6, 6.07) is 0. The van der Waals surface area contributed by atoms with Crippen LogP contribution in [0.4, 0.5) is 0 Å². The van der Waals surface area contributed by atoms with Crippen molar-refractivity contribution in [2.24, 2.45) is 5.92 Å². The Kier molecular flexibility index (Phi) is 9.84. The topological polar surface area (TPSA) is 47.9 Å². The first-order chi connectivity index (χ1) is 7.22. The van der Waals surface area contributed by atoms with Crippen molar-refractivity contribution in [2.75, 3.05) is 13.1 Å². The fourth-order valence-corrected chi connectivity index (χ4v) is 1.47. The van der Waals surface area contributed by atoms with E-state index >= 15 is 0 Å². The predicted molar refractivity (Wildman–Crippen MR) is 67.6 cm³/mol. The van der Waals surface area contributed by atoms with E-state index in [1.165, 1.54) is 12.6 Å². The summed E-state index contributed by atoms with van der Waals surface area (Å²) in [4.78, 5) is 0. The summed E-state index contributed by atoms with van der Waals surface area (Å²) in [5, 5.41) is 14.0. The SMILES string of the molecule is CCCNC(NCCCCC=N)C(C)C. The van der Waals surface area contributed by atoms with Crippen LogP contribution in [0, 0.1) is 11.3 Å².